The minimum Gasteiger partial charge on any atom is -0.394 e. The number of rotatable bonds is 6. The van der Waals surface area contributed by atoms with E-state index in [0.717, 1.165) is 6.42 Å². The number of halogens is 2. The van der Waals surface area contributed by atoms with E-state index in [2.05, 4.69) is 15.3 Å². The van der Waals surface area contributed by atoms with E-state index in [1.165, 1.54) is 22.8 Å². The minimum absolute atomic E-state index is 0.0181. The number of ether oxygens (including phenoxy) is 1. The number of pyridine rings is 1. The van der Waals surface area contributed by atoms with Gasteiger partial charge in [-0.25, -0.2) is 14.4 Å². The summed E-state index contributed by atoms with van der Waals surface area (Å²) in [6.07, 6.45) is 4.07. The Labute approximate surface area is 177 Å². The second-order valence-electron chi connectivity index (χ2n) is 7.00. The number of anilines is 1. The summed E-state index contributed by atoms with van der Waals surface area (Å²) in [5.74, 6) is -0.136. The van der Waals surface area contributed by atoms with Gasteiger partial charge in [-0.2, -0.15) is 0 Å². The number of aromatic nitrogens is 3. The fraction of sp³-hybridized carbons (Fsp3) is 0.286. The van der Waals surface area contributed by atoms with Gasteiger partial charge in [0.05, 0.1) is 36.0 Å². The van der Waals surface area contributed by atoms with Gasteiger partial charge in [0.2, 0.25) is 5.95 Å². The largest absolute Gasteiger partial charge is 0.394 e. The Hall–Kier alpha value is -2.81. The van der Waals surface area contributed by atoms with Crippen molar-refractivity contribution >= 4 is 17.5 Å². The van der Waals surface area contributed by atoms with Crippen molar-refractivity contribution in [1.82, 2.24) is 14.5 Å². The van der Waals surface area contributed by atoms with Crippen molar-refractivity contribution in [3.63, 3.8) is 0 Å². The number of nitrogens with one attached hydrogen (secondary N) is 1. The first-order valence-electron chi connectivity index (χ1n) is 9.51. The molecular weight excluding hydrogens is 411 g/mol. The third kappa shape index (κ3) is 4.35. The van der Waals surface area contributed by atoms with Crippen LogP contribution in [0, 0.1) is 5.82 Å². The molecule has 0 saturated carbocycles. The molecular formula is C21H20ClFN4O3. The van der Waals surface area contributed by atoms with E-state index in [1.54, 1.807) is 30.6 Å². The second kappa shape index (κ2) is 8.91. The molecule has 0 unspecified atom stereocenters. The number of nitrogens with zero attached hydrogens (tertiary/aromatic N) is 3. The topological polar surface area (TPSA) is 89.3 Å². The van der Waals surface area contributed by atoms with Crippen LogP contribution in [0.5, 0.6) is 0 Å². The fourth-order valence-electron chi connectivity index (χ4n) is 3.40. The smallest absolute Gasteiger partial charge is 0.251 e. The Bertz CT molecular complexity index is 1100. The lowest BCUT2D eigenvalue weighted by Crippen LogP contribution is -2.27. The monoisotopic (exact) mass is 430 g/mol. The average Bonchev–Trinajstić information content (AvgIpc) is 3.25. The molecule has 1 fully saturated rings. The van der Waals surface area contributed by atoms with Gasteiger partial charge in [0.1, 0.15) is 5.82 Å². The van der Waals surface area contributed by atoms with Crippen LogP contribution in [0.25, 0.3) is 11.3 Å². The van der Waals surface area contributed by atoms with E-state index in [-0.39, 0.29) is 23.2 Å². The summed E-state index contributed by atoms with van der Waals surface area (Å²) in [5, 5.41) is 13.0. The zero-order valence-corrected chi connectivity index (χ0v) is 16.7. The van der Waals surface area contributed by atoms with Crippen LogP contribution < -0.4 is 10.9 Å². The van der Waals surface area contributed by atoms with Crippen LogP contribution in [0.4, 0.5) is 10.3 Å². The number of aliphatic hydroxyl groups is 1. The van der Waals surface area contributed by atoms with E-state index in [9.17, 15) is 14.3 Å². The highest BCUT2D eigenvalue weighted by molar-refractivity contribution is 6.30. The molecule has 1 aliphatic rings. The van der Waals surface area contributed by atoms with Crippen molar-refractivity contribution in [3.05, 3.63) is 75.5 Å². The highest BCUT2D eigenvalue weighted by Crippen LogP contribution is 2.23. The Morgan fingerprint density at radius 1 is 1.33 bits per heavy atom. The molecule has 2 atom stereocenters. The fourth-order valence-corrected chi connectivity index (χ4v) is 3.52. The Morgan fingerprint density at radius 2 is 2.20 bits per heavy atom. The van der Waals surface area contributed by atoms with E-state index < -0.39 is 11.9 Å². The van der Waals surface area contributed by atoms with Crippen LogP contribution in [0.3, 0.4) is 0 Å². The van der Waals surface area contributed by atoms with Crippen LogP contribution in [-0.2, 0) is 4.74 Å². The first-order valence-corrected chi connectivity index (χ1v) is 9.88. The molecule has 7 nitrogen and oxygen atoms in total. The molecule has 3 heterocycles. The molecule has 2 aromatic heterocycles. The number of benzene rings is 1. The van der Waals surface area contributed by atoms with E-state index in [4.69, 9.17) is 16.3 Å². The van der Waals surface area contributed by atoms with Gasteiger partial charge in [-0.15, -0.1) is 0 Å². The van der Waals surface area contributed by atoms with Crippen molar-refractivity contribution in [2.45, 2.75) is 18.5 Å². The zero-order chi connectivity index (χ0) is 21.1. The summed E-state index contributed by atoms with van der Waals surface area (Å²) in [6, 6.07) is 8.51. The van der Waals surface area contributed by atoms with Crippen LogP contribution in [0.15, 0.2) is 53.6 Å². The van der Waals surface area contributed by atoms with Crippen molar-refractivity contribution in [2.75, 3.05) is 25.1 Å². The van der Waals surface area contributed by atoms with Crippen LogP contribution in [-0.4, -0.2) is 45.5 Å². The van der Waals surface area contributed by atoms with Crippen LogP contribution in [0.2, 0.25) is 5.02 Å². The third-order valence-electron chi connectivity index (χ3n) is 5.00. The predicted octanol–water partition coefficient (Wildman–Crippen LogP) is 2.88. The van der Waals surface area contributed by atoms with Crippen LogP contribution in [0.1, 0.15) is 18.0 Å². The SMILES string of the molecule is O=c1cc(-c2ccnc(N[C@@H]3CCOC3)n2)ccn1[C@H](CO)c1ccc(Cl)c(F)c1. The van der Waals surface area contributed by atoms with Crippen molar-refractivity contribution in [2.24, 2.45) is 0 Å². The maximum absolute atomic E-state index is 13.8. The maximum Gasteiger partial charge on any atom is 0.251 e. The van der Waals surface area contributed by atoms with Crippen molar-refractivity contribution in [3.8, 4) is 11.3 Å². The molecule has 2 N–H and O–H groups in total. The van der Waals surface area contributed by atoms with Gasteiger partial charge in [-0.1, -0.05) is 17.7 Å². The third-order valence-corrected chi connectivity index (χ3v) is 5.31. The lowest BCUT2D eigenvalue weighted by atomic mass is 10.1. The summed E-state index contributed by atoms with van der Waals surface area (Å²) >= 11 is 5.73. The first kappa shape index (κ1) is 20.5. The molecule has 0 amide bonds. The lowest BCUT2D eigenvalue weighted by Gasteiger charge is -2.18. The maximum atomic E-state index is 13.8. The standard InChI is InChI=1S/C21H20ClFN4O3/c22-16-2-1-14(9-17(16)23)19(11-28)27-7-4-13(10-20(27)29)18-3-6-24-21(26-18)25-15-5-8-30-12-15/h1-4,6-7,9-10,15,19,28H,5,8,11-12H2,(H,24,25,26)/t15-,19-/m1/s1. The molecule has 0 radical (unpaired) electrons. The van der Waals surface area contributed by atoms with E-state index >= 15 is 0 Å². The summed E-state index contributed by atoms with van der Waals surface area (Å²) < 4.78 is 20.5. The molecule has 1 saturated heterocycles. The predicted molar refractivity (Wildman–Crippen MR) is 111 cm³/mol. The summed E-state index contributed by atoms with van der Waals surface area (Å²) in [6.45, 7) is 0.946. The molecule has 156 valence electrons. The number of aliphatic hydroxyl groups excluding tert-OH is 1. The van der Waals surface area contributed by atoms with Gasteiger partial charge >= 0.3 is 0 Å². The highest BCUT2D eigenvalue weighted by Gasteiger charge is 2.18. The quantitative estimate of drug-likeness (QED) is 0.625. The molecule has 0 bridgehead atoms. The molecule has 4 rings (SSSR count). The van der Waals surface area contributed by atoms with E-state index in [0.29, 0.717) is 36.0 Å². The molecule has 0 spiro atoms. The Morgan fingerprint density at radius 3 is 2.90 bits per heavy atom. The number of hydrogen-bond acceptors (Lipinski definition) is 6. The molecule has 1 aliphatic heterocycles. The zero-order valence-electron chi connectivity index (χ0n) is 16.0. The summed E-state index contributed by atoms with van der Waals surface area (Å²) in [5.41, 5.74) is 1.30. The van der Waals surface area contributed by atoms with Gasteiger partial charge in [-0.3, -0.25) is 4.79 Å². The van der Waals surface area contributed by atoms with Gasteiger partial charge in [0, 0.05) is 30.6 Å². The van der Waals surface area contributed by atoms with Crippen LogP contribution >= 0.6 is 11.6 Å². The molecule has 0 aliphatic carbocycles. The van der Waals surface area contributed by atoms with Crippen molar-refractivity contribution < 1.29 is 14.2 Å². The Kier molecular flexibility index (Phi) is 6.08. The highest BCUT2D eigenvalue weighted by atomic mass is 35.5. The molecule has 30 heavy (non-hydrogen) atoms. The normalized spacial score (nSPS) is 17.1. The van der Waals surface area contributed by atoms with Gasteiger partial charge in [0.15, 0.2) is 0 Å². The van der Waals surface area contributed by atoms with Gasteiger partial charge in [0.25, 0.3) is 5.56 Å². The van der Waals surface area contributed by atoms with Gasteiger partial charge in [-0.05, 0) is 36.2 Å². The van der Waals surface area contributed by atoms with E-state index in [1.807, 2.05) is 0 Å². The van der Waals surface area contributed by atoms with Crippen molar-refractivity contribution in [1.29, 1.82) is 0 Å². The summed E-state index contributed by atoms with van der Waals surface area (Å²) in [4.78, 5) is 21.5. The molecule has 9 heteroatoms. The second-order valence-corrected chi connectivity index (χ2v) is 7.41. The first-order chi connectivity index (χ1) is 14.5. The van der Waals surface area contributed by atoms with Gasteiger partial charge < -0.3 is 19.7 Å². The average molecular weight is 431 g/mol. The Balaban J connectivity index is 1.61. The number of hydrogen-bond donors (Lipinski definition) is 2. The minimum atomic E-state index is -0.733. The molecule has 3 aromatic rings. The lowest BCUT2D eigenvalue weighted by molar-refractivity contribution is 0.195. The molecule has 1 aromatic carbocycles. The summed E-state index contributed by atoms with van der Waals surface area (Å²) in [7, 11) is 0.